The fourth-order valence-electron chi connectivity index (χ4n) is 2.20. The Kier molecular flexibility index (Phi) is 3.38. The Morgan fingerprint density at radius 2 is 2.28 bits per heavy atom. The second kappa shape index (κ2) is 4.81. The van der Waals surface area contributed by atoms with Crippen molar-refractivity contribution in [2.45, 2.75) is 12.5 Å². The predicted molar refractivity (Wildman–Crippen MR) is 61.1 cm³/mol. The van der Waals surface area contributed by atoms with Crippen LogP contribution in [0.4, 0.5) is 4.39 Å². The molecule has 1 fully saturated rings. The average Bonchev–Trinajstić information content (AvgIpc) is 2.79. The first kappa shape index (κ1) is 12.6. The van der Waals surface area contributed by atoms with Crippen molar-refractivity contribution in [2.75, 3.05) is 13.7 Å². The molecule has 0 amide bonds. The number of aliphatic carboxylic acids is 1. The molecule has 1 aliphatic heterocycles. The molecule has 0 bridgehead atoms. The third-order valence-corrected chi connectivity index (χ3v) is 3.18. The number of nitrogens with one attached hydrogen (secondary N) is 1. The van der Waals surface area contributed by atoms with Crippen LogP contribution in [-0.2, 0) is 4.79 Å². The summed E-state index contributed by atoms with van der Waals surface area (Å²) in [6.45, 7) is 0.260. The van der Waals surface area contributed by atoms with E-state index in [4.69, 9.17) is 9.84 Å². The molecule has 5 nitrogen and oxygen atoms in total. The molecule has 2 rings (SSSR count). The number of methoxy groups -OCH3 is 1. The van der Waals surface area contributed by atoms with E-state index in [1.54, 1.807) is 0 Å². The molecular weight excluding hydrogens is 241 g/mol. The third-order valence-electron chi connectivity index (χ3n) is 3.18. The Morgan fingerprint density at radius 3 is 2.83 bits per heavy atom. The van der Waals surface area contributed by atoms with Crippen LogP contribution in [-0.4, -0.2) is 29.8 Å². The molecule has 2 atom stereocenters. The number of carboxylic acids is 1. The highest BCUT2D eigenvalue weighted by atomic mass is 19.1. The number of aromatic hydroxyl groups is 1. The molecule has 0 aromatic heterocycles. The molecule has 1 saturated heterocycles. The van der Waals surface area contributed by atoms with Gasteiger partial charge in [-0.2, -0.15) is 0 Å². The van der Waals surface area contributed by atoms with Gasteiger partial charge < -0.3 is 20.3 Å². The molecule has 98 valence electrons. The minimum Gasteiger partial charge on any atom is -0.504 e. The lowest BCUT2D eigenvalue weighted by Crippen LogP contribution is -2.17. The molecular formula is C12H14FNO4. The van der Waals surface area contributed by atoms with E-state index in [2.05, 4.69) is 5.32 Å². The van der Waals surface area contributed by atoms with E-state index in [0.717, 1.165) is 0 Å². The van der Waals surface area contributed by atoms with Gasteiger partial charge in [-0.15, -0.1) is 0 Å². The Bertz CT molecular complexity index is 477. The molecule has 1 aliphatic rings. The maximum absolute atomic E-state index is 13.7. The Balaban J connectivity index is 2.32. The van der Waals surface area contributed by atoms with E-state index in [0.29, 0.717) is 0 Å². The quantitative estimate of drug-likeness (QED) is 0.758. The van der Waals surface area contributed by atoms with Gasteiger partial charge in [0.25, 0.3) is 0 Å². The minimum atomic E-state index is -0.923. The summed E-state index contributed by atoms with van der Waals surface area (Å²) in [5.41, 5.74) is 0.0677. The Labute approximate surface area is 103 Å². The van der Waals surface area contributed by atoms with E-state index in [1.165, 1.54) is 19.2 Å². The SMILES string of the molecule is COc1ccc(F)c(C2CC(C(=O)O)CN2)c1O. The monoisotopic (exact) mass is 255 g/mol. The second-order valence-electron chi connectivity index (χ2n) is 4.24. The number of hydrogen-bond donors (Lipinski definition) is 3. The molecule has 3 N–H and O–H groups in total. The van der Waals surface area contributed by atoms with Crippen LogP contribution in [0.25, 0.3) is 0 Å². The van der Waals surface area contributed by atoms with Crippen molar-refractivity contribution in [1.82, 2.24) is 5.32 Å². The molecule has 1 aromatic carbocycles. The smallest absolute Gasteiger partial charge is 0.307 e. The van der Waals surface area contributed by atoms with Crippen molar-refractivity contribution in [1.29, 1.82) is 0 Å². The molecule has 1 aromatic rings. The molecule has 0 aliphatic carbocycles. The van der Waals surface area contributed by atoms with Crippen LogP contribution in [0, 0.1) is 11.7 Å². The van der Waals surface area contributed by atoms with Crippen LogP contribution >= 0.6 is 0 Å². The zero-order valence-corrected chi connectivity index (χ0v) is 9.81. The van der Waals surface area contributed by atoms with E-state index >= 15 is 0 Å². The van der Waals surface area contributed by atoms with Gasteiger partial charge in [-0.25, -0.2) is 4.39 Å². The Morgan fingerprint density at radius 1 is 1.56 bits per heavy atom. The topological polar surface area (TPSA) is 78.8 Å². The number of carboxylic acid groups (broad SMARTS) is 1. The number of hydrogen-bond acceptors (Lipinski definition) is 4. The van der Waals surface area contributed by atoms with E-state index in [-0.39, 0.29) is 30.0 Å². The van der Waals surface area contributed by atoms with Crippen LogP contribution in [0.3, 0.4) is 0 Å². The zero-order valence-electron chi connectivity index (χ0n) is 9.81. The average molecular weight is 255 g/mol. The first-order valence-electron chi connectivity index (χ1n) is 5.56. The van der Waals surface area contributed by atoms with Crippen molar-refractivity contribution in [3.8, 4) is 11.5 Å². The van der Waals surface area contributed by atoms with Crippen LogP contribution in [0.5, 0.6) is 11.5 Å². The van der Waals surface area contributed by atoms with E-state index < -0.39 is 23.7 Å². The van der Waals surface area contributed by atoms with Crippen molar-refractivity contribution in [3.63, 3.8) is 0 Å². The molecule has 2 unspecified atom stereocenters. The van der Waals surface area contributed by atoms with Crippen LogP contribution < -0.4 is 10.1 Å². The molecule has 1 heterocycles. The lowest BCUT2D eigenvalue weighted by molar-refractivity contribution is -0.141. The van der Waals surface area contributed by atoms with Crippen molar-refractivity contribution >= 4 is 5.97 Å². The number of phenolic OH excluding ortho intramolecular Hbond substituents is 1. The van der Waals surface area contributed by atoms with Gasteiger partial charge in [0.2, 0.25) is 0 Å². The van der Waals surface area contributed by atoms with Gasteiger partial charge in [0, 0.05) is 12.6 Å². The van der Waals surface area contributed by atoms with E-state index in [9.17, 15) is 14.3 Å². The summed E-state index contributed by atoms with van der Waals surface area (Å²) in [6.07, 6.45) is 0.243. The molecule has 6 heteroatoms. The summed E-state index contributed by atoms with van der Waals surface area (Å²) in [5, 5.41) is 21.7. The van der Waals surface area contributed by atoms with Gasteiger partial charge in [0.1, 0.15) is 5.82 Å². The number of benzene rings is 1. The summed E-state index contributed by atoms with van der Waals surface area (Å²) in [6, 6.07) is 2.02. The number of carbonyl (C=O) groups is 1. The molecule has 0 spiro atoms. The lowest BCUT2D eigenvalue weighted by atomic mass is 9.98. The van der Waals surface area contributed by atoms with Gasteiger partial charge in [-0.05, 0) is 18.6 Å². The van der Waals surface area contributed by atoms with Crippen molar-refractivity contribution in [3.05, 3.63) is 23.5 Å². The Hall–Kier alpha value is -1.82. The normalized spacial score (nSPS) is 23.0. The fraction of sp³-hybridized carbons (Fsp3) is 0.417. The summed E-state index contributed by atoms with van der Waals surface area (Å²) in [7, 11) is 1.37. The highest BCUT2D eigenvalue weighted by molar-refractivity contribution is 5.71. The largest absolute Gasteiger partial charge is 0.504 e. The highest BCUT2D eigenvalue weighted by Gasteiger charge is 2.33. The maximum Gasteiger partial charge on any atom is 0.307 e. The van der Waals surface area contributed by atoms with Gasteiger partial charge in [0.05, 0.1) is 18.6 Å². The summed E-state index contributed by atoms with van der Waals surface area (Å²) in [4.78, 5) is 10.9. The molecule has 0 saturated carbocycles. The van der Waals surface area contributed by atoms with Crippen molar-refractivity contribution < 1.29 is 24.1 Å². The van der Waals surface area contributed by atoms with Crippen LogP contribution in [0.15, 0.2) is 12.1 Å². The van der Waals surface area contributed by atoms with Crippen LogP contribution in [0.2, 0.25) is 0 Å². The first-order chi connectivity index (χ1) is 8.54. The van der Waals surface area contributed by atoms with E-state index in [1.807, 2.05) is 0 Å². The van der Waals surface area contributed by atoms with Gasteiger partial charge in [-0.3, -0.25) is 4.79 Å². The summed E-state index contributed by atoms with van der Waals surface area (Å²) < 4.78 is 18.7. The maximum atomic E-state index is 13.7. The van der Waals surface area contributed by atoms with Gasteiger partial charge in [-0.1, -0.05) is 0 Å². The molecule has 18 heavy (non-hydrogen) atoms. The lowest BCUT2D eigenvalue weighted by Gasteiger charge is -2.15. The number of phenols is 1. The standard InChI is InChI=1S/C12H14FNO4/c1-18-9-3-2-7(13)10(11(9)15)8-4-6(5-14-8)12(16)17/h2-3,6,8,14-15H,4-5H2,1H3,(H,16,17). The predicted octanol–water partition coefficient (Wildman–Crippen LogP) is 1.28. The van der Waals surface area contributed by atoms with Crippen LogP contribution in [0.1, 0.15) is 18.0 Å². The second-order valence-corrected chi connectivity index (χ2v) is 4.24. The van der Waals surface area contributed by atoms with Gasteiger partial charge >= 0.3 is 5.97 Å². The van der Waals surface area contributed by atoms with Crippen molar-refractivity contribution in [2.24, 2.45) is 5.92 Å². The number of ether oxygens (including phenoxy) is 1. The summed E-state index contributed by atoms with van der Waals surface area (Å²) >= 11 is 0. The number of rotatable bonds is 3. The zero-order chi connectivity index (χ0) is 13.3. The number of halogens is 1. The third kappa shape index (κ3) is 2.11. The fourth-order valence-corrected chi connectivity index (χ4v) is 2.20. The molecule has 0 radical (unpaired) electrons. The highest BCUT2D eigenvalue weighted by Crippen LogP contribution is 2.39. The minimum absolute atomic E-state index is 0.0677. The summed E-state index contributed by atoms with van der Waals surface area (Å²) in [5.74, 6) is -2.17. The first-order valence-corrected chi connectivity index (χ1v) is 5.56. The van der Waals surface area contributed by atoms with Gasteiger partial charge in [0.15, 0.2) is 11.5 Å².